The topological polar surface area (TPSA) is 26.0 Å². The molecule has 0 bridgehead atoms. The van der Waals surface area contributed by atoms with Crippen LogP contribution in [0.15, 0.2) is 28.7 Å². The standard InChI is InChI=1S/C9H9BrFN/c10-8-4-1-5-9(11)7(8)3-2-6-12/h1-5H,6,12H2. The highest BCUT2D eigenvalue weighted by Crippen LogP contribution is 2.20. The Labute approximate surface area is 79.2 Å². The van der Waals surface area contributed by atoms with E-state index in [1.165, 1.54) is 6.07 Å². The molecular weight excluding hydrogens is 221 g/mol. The first-order valence-corrected chi connectivity index (χ1v) is 4.35. The van der Waals surface area contributed by atoms with E-state index in [2.05, 4.69) is 15.9 Å². The van der Waals surface area contributed by atoms with Gasteiger partial charge in [0.2, 0.25) is 0 Å². The quantitative estimate of drug-likeness (QED) is 0.830. The zero-order valence-electron chi connectivity index (χ0n) is 6.43. The molecule has 3 heteroatoms. The fourth-order valence-electron chi connectivity index (χ4n) is 0.856. The second kappa shape index (κ2) is 4.38. The van der Waals surface area contributed by atoms with Gasteiger partial charge in [0.05, 0.1) is 0 Å². The van der Waals surface area contributed by atoms with Crippen molar-refractivity contribution in [1.29, 1.82) is 0 Å². The van der Waals surface area contributed by atoms with Gasteiger partial charge >= 0.3 is 0 Å². The Morgan fingerprint density at radius 3 is 2.83 bits per heavy atom. The molecule has 0 amide bonds. The molecule has 0 saturated carbocycles. The molecule has 1 rings (SSSR count). The van der Waals surface area contributed by atoms with E-state index in [-0.39, 0.29) is 5.82 Å². The molecule has 0 saturated heterocycles. The van der Waals surface area contributed by atoms with Crippen LogP contribution in [0.2, 0.25) is 0 Å². The number of halogens is 2. The number of benzene rings is 1. The molecule has 0 spiro atoms. The van der Waals surface area contributed by atoms with Crippen LogP contribution < -0.4 is 5.73 Å². The highest BCUT2D eigenvalue weighted by molar-refractivity contribution is 9.10. The lowest BCUT2D eigenvalue weighted by molar-refractivity contribution is 0.624. The van der Waals surface area contributed by atoms with Crippen molar-refractivity contribution in [3.8, 4) is 0 Å². The Morgan fingerprint density at radius 2 is 2.25 bits per heavy atom. The molecule has 0 aliphatic heterocycles. The summed E-state index contributed by atoms with van der Waals surface area (Å²) in [7, 11) is 0. The Balaban J connectivity index is 3.04. The minimum absolute atomic E-state index is 0.242. The predicted molar refractivity (Wildman–Crippen MR) is 52.2 cm³/mol. The van der Waals surface area contributed by atoms with Gasteiger partial charge in [-0.1, -0.05) is 34.1 Å². The van der Waals surface area contributed by atoms with Crippen molar-refractivity contribution in [3.63, 3.8) is 0 Å². The summed E-state index contributed by atoms with van der Waals surface area (Å²) in [5.74, 6) is -0.242. The molecule has 64 valence electrons. The average Bonchev–Trinajstić information content (AvgIpc) is 2.04. The van der Waals surface area contributed by atoms with Gasteiger partial charge in [0.1, 0.15) is 5.82 Å². The molecule has 0 aliphatic rings. The van der Waals surface area contributed by atoms with Gasteiger partial charge in [0.15, 0.2) is 0 Å². The van der Waals surface area contributed by atoms with Crippen LogP contribution in [0.25, 0.3) is 6.08 Å². The molecule has 2 N–H and O–H groups in total. The van der Waals surface area contributed by atoms with Crippen LogP contribution in [0.5, 0.6) is 0 Å². The van der Waals surface area contributed by atoms with Crippen molar-refractivity contribution in [3.05, 3.63) is 40.1 Å². The fraction of sp³-hybridized carbons (Fsp3) is 0.111. The van der Waals surface area contributed by atoms with Gasteiger partial charge in [0, 0.05) is 16.6 Å². The van der Waals surface area contributed by atoms with E-state index in [1.807, 2.05) is 0 Å². The lowest BCUT2D eigenvalue weighted by Gasteiger charge is -1.98. The maximum atomic E-state index is 13.1. The van der Waals surface area contributed by atoms with Crippen LogP contribution in [0.1, 0.15) is 5.56 Å². The van der Waals surface area contributed by atoms with E-state index >= 15 is 0 Å². The van der Waals surface area contributed by atoms with Crippen LogP contribution in [0.3, 0.4) is 0 Å². The van der Waals surface area contributed by atoms with Gasteiger partial charge in [-0.15, -0.1) is 0 Å². The number of nitrogens with two attached hydrogens (primary N) is 1. The van der Waals surface area contributed by atoms with E-state index in [9.17, 15) is 4.39 Å². The molecule has 0 aromatic heterocycles. The lowest BCUT2D eigenvalue weighted by atomic mass is 10.2. The number of rotatable bonds is 2. The Hall–Kier alpha value is -0.670. The highest BCUT2D eigenvalue weighted by Gasteiger charge is 2.00. The van der Waals surface area contributed by atoms with Crippen LogP contribution in [0, 0.1) is 5.82 Å². The number of hydrogen-bond donors (Lipinski definition) is 1. The van der Waals surface area contributed by atoms with Gasteiger partial charge < -0.3 is 5.73 Å². The third-order valence-electron chi connectivity index (χ3n) is 1.42. The van der Waals surface area contributed by atoms with Gasteiger partial charge in [-0.05, 0) is 12.1 Å². The number of hydrogen-bond acceptors (Lipinski definition) is 1. The largest absolute Gasteiger partial charge is 0.327 e. The minimum atomic E-state index is -0.242. The summed E-state index contributed by atoms with van der Waals surface area (Å²) in [4.78, 5) is 0. The monoisotopic (exact) mass is 229 g/mol. The summed E-state index contributed by atoms with van der Waals surface area (Å²) < 4.78 is 13.8. The third-order valence-corrected chi connectivity index (χ3v) is 2.11. The molecule has 0 heterocycles. The van der Waals surface area contributed by atoms with Crippen molar-refractivity contribution in [1.82, 2.24) is 0 Å². The molecule has 1 nitrogen and oxygen atoms in total. The molecule has 0 aliphatic carbocycles. The maximum Gasteiger partial charge on any atom is 0.131 e. The minimum Gasteiger partial charge on any atom is -0.327 e. The Morgan fingerprint density at radius 1 is 1.50 bits per heavy atom. The third kappa shape index (κ3) is 2.16. The van der Waals surface area contributed by atoms with Gasteiger partial charge in [-0.25, -0.2) is 4.39 Å². The second-order valence-corrected chi connectivity index (χ2v) is 3.13. The lowest BCUT2D eigenvalue weighted by Crippen LogP contribution is -1.92. The van der Waals surface area contributed by atoms with Crippen molar-refractivity contribution in [2.24, 2.45) is 5.73 Å². The zero-order valence-corrected chi connectivity index (χ0v) is 8.01. The van der Waals surface area contributed by atoms with E-state index in [1.54, 1.807) is 24.3 Å². The normalized spacial score (nSPS) is 10.9. The van der Waals surface area contributed by atoms with Crippen molar-refractivity contribution in [2.45, 2.75) is 0 Å². The summed E-state index contributed by atoms with van der Waals surface area (Å²) in [6.45, 7) is 0.417. The fourth-order valence-corrected chi connectivity index (χ4v) is 1.33. The first kappa shape index (κ1) is 9.42. The molecule has 0 unspecified atom stereocenters. The van der Waals surface area contributed by atoms with Crippen molar-refractivity contribution < 1.29 is 4.39 Å². The molecular formula is C9H9BrFN. The molecule has 0 fully saturated rings. The van der Waals surface area contributed by atoms with Crippen LogP contribution in [-0.2, 0) is 0 Å². The molecule has 0 atom stereocenters. The summed E-state index contributed by atoms with van der Waals surface area (Å²) >= 11 is 3.25. The van der Waals surface area contributed by atoms with E-state index in [0.29, 0.717) is 12.1 Å². The van der Waals surface area contributed by atoms with E-state index in [4.69, 9.17) is 5.73 Å². The maximum absolute atomic E-state index is 13.1. The summed E-state index contributed by atoms with van der Waals surface area (Å²) in [5.41, 5.74) is 5.80. The first-order chi connectivity index (χ1) is 5.75. The molecule has 12 heavy (non-hydrogen) atoms. The first-order valence-electron chi connectivity index (χ1n) is 3.56. The van der Waals surface area contributed by atoms with Crippen molar-refractivity contribution in [2.75, 3.05) is 6.54 Å². The highest BCUT2D eigenvalue weighted by atomic mass is 79.9. The SMILES string of the molecule is NCC=Cc1c(F)cccc1Br. The Bertz CT molecular complexity index is 276. The van der Waals surface area contributed by atoms with Gasteiger partial charge in [-0.3, -0.25) is 0 Å². The zero-order chi connectivity index (χ0) is 8.97. The van der Waals surface area contributed by atoms with Crippen LogP contribution in [-0.4, -0.2) is 6.54 Å². The van der Waals surface area contributed by atoms with Gasteiger partial charge in [-0.2, -0.15) is 0 Å². The molecule has 1 aromatic carbocycles. The van der Waals surface area contributed by atoms with Crippen molar-refractivity contribution >= 4 is 22.0 Å². The van der Waals surface area contributed by atoms with Gasteiger partial charge in [0.25, 0.3) is 0 Å². The molecule has 1 aromatic rings. The molecule has 0 radical (unpaired) electrons. The van der Waals surface area contributed by atoms with E-state index < -0.39 is 0 Å². The van der Waals surface area contributed by atoms with Crippen LogP contribution in [0.4, 0.5) is 4.39 Å². The average molecular weight is 230 g/mol. The summed E-state index contributed by atoms with van der Waals surface area (Å²) in [6.07, 6.45) is 3.38. The van der Waals surface area contributed by atoms with Crippen LogP contribution >= 0.6 is 15.9 Å². The summed E-state index contributed by atoms with van der Waals surface area (Å²) in [5, 5.41) is 0. The summed E-state index contributed by atoms with van der Waals surface area (Å²) in [6, 6.07) is 4.86. The van der Waals surface area contributed by atoms with E-state index in [0.717, 1.165) is 4.47 Å². The Kier molecular flexibility index (Phi) is 3.44. The predicted octanol–water partition coefficient (Wildman–Crippen LogP) is 2.56. The smallest absolute Gasteiger partial charge is 0.131 e. The second-order valence-electron chi connectivity index (χ2n) is 2.27.